The SMILES string of the molecule is C=C/C=C(\C=C/C)S(/C(C)=C/C=C\CC)(C(/C=C\C)=C/C)/C(=C/C=C\C)CC. The van der Waals surface area contributed by atoms with Gasteiger partial charge in [-0.1, -0.05) is 93.3 Å². The van der Waals surface area contributed by atoms with Gasteiger partial charge in [-0.15, -0.1) is 10.0 Å². The molecule has 0 rings (SSSR count). The highest BCUT2D eigenvalue weighted by Crippen LogP contribution is 2.74. The number of allylic oxidation sites excluding steroid dienone is 15. The van der Waals surface area contributed by atoms with Crippen LogP contribution in [0.25, 0.3) is 0 Å². The Morgan fingerprint density at radius 2 is 1.46 bits per heavy atom. The third-order valence-electron chi connectivity index (χ3n) is 4.34. The molecule has 0 spiro atoms. The van der Waals surface area contributed by atoms with Crippen LogP contribution in [0.2, 0.25) is 0 Å². The van der Waals surface area contributed by atoms with Crippen LogP contribution in [-0.2, 0) is 0 Å². The molecule has 0 radical (unpaired) electrons. The van der Waals surface area contributed by atoms with Crippen molar-refractivity contribution in [2.24, 2.45) is 0 Å². The second kappa shape index (κ2) is 15.0. The maximum absolute atomic E-state index is 4.01. The van der Waals surface area contributed by atoms with E-state index in [0.717, 1.165) is 12.8 Å². The lowest BCUT2D eigenvalue weighted by molar-refractivity contribution is 1.19. The minimum absolute atomic E-state index is 0.989. The predicted octanol–water partition coefficient (Wildman–Crippen LogP) is 9.66. The van der Waals surface area contributed by atoms with Crippen LogP contribution >= 0.6 is 10.0 Å². The Bertz CT molecular complexity index is 717. The van der Waals surface area contributed by atoms with Gasteiger partial charge in [0.25, 0.3) is 0 Å². The zero-order chi connectivity index (χ0) is 21.4. The Morgan fingerprint density at radius 3 is 1.93 bits per heavy atom. The van der Waals surface area contributed by atoms with Gasteiger partial charge in [0.05, 0.1) is 0 Å². The van der Waals surface area contributed by atoms with Crippen LogP contribution < -0.4 is 0 Å². The van der Waals surface area contributed by atoms with Crippen molar-refractivity contribution in [1.29, 1.82) is 0 Å². The summed E-state index contributed by atoms with van der Waals surface area (Å²) in [5.74, 6) is 0. The highest BCUT2D eigenvalue weighted by molar-refractivity contribution is 8.45. The summed E-state index contributed by atoms with van der Waals surface area (Å²) < 4.78 is 0. The Hall–Kier alpha value is -1.99. The van der Waals surface area contributed by atoms with Crippen molar-refractivity contribution >= 4 is 10.0 Å². The van der Waals surface area contributed by atoms with Crippen molar-refractivity contribution in [2.75, 3.05) is 0 Å². The topological polar surface area (TPSA) is 0 Å². The zero-order valence-electron chi connectivity index (χ0n) is 19.0. The average molecular weight is 397 g/mol. The van der Waals surface area contributed by atoms with Gasteiger partial charge in [0.15, 0.2) is 0 Å². The van der Waals surface area contributed by atoms with Crippen molar-refractivity contribution in [3.05, 3.63) is 105 Å². The molecule has 1 atom stereocenters. The fraction of sp³-hybridized carbons (Fsp3) is 0.333. The third-order valence-corrected chi connectivity index (χ3v) is 8.71. The molecule has 28 heavy (non-hydrogen) atoms. The molecule has 0 aliphatic heterocycles. The predicted molar refractivity (Wildman–Crippen MR) is 136 cm³/mol. The first kappa shape index (κ1) is 26.0. The summed E-state index contributed by atoms with van der Waals surface area (Å²) in [6, 6.07) is 0. The van der Waals surface area contributed by atoms with Crippen LogP contribution in [-0.4, -0.2) is 0 Å². The summed E-state index contributed by atoms with van der Waals surface area (Å²) >= 11 is 0. The summed E-state index contributed by atoms with van der Waals surface area (Å²) in [5, 5.41) is 0. The number of hydrogen-bond acceptors (Lipinski definition) is 0. The molecule has 0 amide bonds. The second-order valence-corrected chi connectivity index (χ2v) is 9.57. The molecule has 0 saturated carbocycles. The molecule has 0 aliphatic rings. The molecule has 0 bridgehead atoms. The molecule has 0 saturated heterocycles. The van der Waals surface area contributed by atoms with Gasteiger partial charge < -0.3 is 0 Å². The summed E-state index contributed by atoms with van der Waals surface area (Å²) in [5.41, 5.74) is 0. The lowest BCUT2D eigenvalue weighted by Crippen LogP contribution is -2.09. The lowest BCUT2D eigenvalue weighted by Gasteiger charge is -2.46. The van der Waals surface area contributed by atoms with Crippen LogP contribution in [0.1, 0.15) is 61.3 Å². The minimum atomic E-state index is -1.54. The van der Waals surface area contributed by atoms with Gasteiger partial charge >= 0.3 is 0 Å². The molecule has 154 valence electrons. The molecule has 0 heterocycles. The summed E-state index contributed by atoms with van der Waals surface area (Å²) in [6.07, 6.45) is 30.5. The lowest BCUT2D eigenvalue weighted by atomic mass is 10.4. The van der Waals surface area contributed by atoms with E-state index in [4.69, 9.17) is 0 Å². The van der Waals surface area contributed by atoms with Crippen molar-refractivity contribution in [3.63, 3.8) is 0 Å². The molecule has 1 heteroatoms. The summed E-state index contributed by atoms with van der Waals surface area (Å²) in [7, 11) is -1.54. The minimum Gasteiger partial charge on any atom is -0.141 e. The third kappa shape index (κ3) is 6.56. The van der Waals surface area contributed by atoms with Crippen LogP contribution in [0.5, 0.6) is 0 Å². The van der Waals surface area contributed by atoms with Crippen molar-refractivity contribution < 1.29 is 0 Å². The van der Waals surface area contributed by atoms with Gasteiger partial charge in [0.2, 0.25) is 0 Å². The fourth-order valence-corrected chi connectivity index (χ4v) is 7.55. The van der Waals surface area contributed by atoms with E-state index < -0.39 is 10.0 Å². The van der Waals surface area contributed by atoms with Crippen LogP contribution in [0.3, 0.4) is 0 Å². The first-order valence-electron chi connectivity index (χ1n) is 10.3. The quantitative estimate of drug-likeness (QED) is 0.305. The highest BCUT2D eigenvalue weighted by Gasteiger charge is 2.34. The highest BCUT2D eigenvalue weighted by atomic mass is 32.3. The molecular formula is C27H40S. The molecule has 0 aromatic rings. The van der Waals surface area contributed by atoms with Gasteiger partial charge in [-0.25, -0.2) is 0 Å². The largest absolute Gasteiger partial charge is 0.141 e. The normalized spacial score (nSPS) is 18.5. The van der Waals surface area contributed by atoms with E-state index in [-0.39, 0.29) is 0 Å². The van der Waals surface area contributed by atoms with E-state index in [0.29, 0.717) is 0 Å². The molecular weight excluding hydrogens is 356 g/mol. The van der Waals surface area contributed by atoms with E-state index >= 15 is 0 Å². The van der Waals surface area contributed by atoms with Gasteiger partial charge in [-0.2, -0.15) is 0 Å². The van der Waals surface area contributed by atoms with Crippen LogP contribution in [0.4, 0.5) is 0 Å². The second-order valence-electron chi connectivity index (χ2n) is 6.23. The Kier molecular flexibility index (Phi) is 13.9. The maximum Gasteiger partial charge on any atom is 0.00134 e. The van der Waals surface area contributed by atoms with E-state index in [1.165, 1.54) is 19.6 Å². The van der Waals surface area contributed by atoms with Crippen molar-refractivity contribution in [1.82, 2.24) is 0 Å². The fourth-order valence-electron chi connectivity index (χ4n) is 3.18. The van der Waals surface area contributed by atoms with Gasteiger partial charge in [0.1, 0.15) is 0 Å². The molecule has 0 aromatic heterocycles. The summed E-state index contributed by atoms with van der Waals surface area (Å²) in [4.78, 5) is 5.50. The van der Waals surface area contributed by atoms with Gasteiger partial charge in [-0.05, 0) is 68.3 Å². The molecule has 0 aliphatic carbocycles. The van der Waals surface area contributed by atoms with Crippen molar-refractivity contribution in [2.45, 2.75) is 61.3 Å². The molecule has 0 nitrogen and oxygen atoms in total. The van der Waals surface area contributed by atoms with E-state index in [9.17, 15) is 0 Å². The average Bonchev–Trinajstić information content (AvgIpc) is 2.70. The van der Waals surface area contributed by atoms with E-state index in [1.54, 1.807) is 0 Å². The molecule has 0 N–H and O–H groups in total. The first-order valence-corrected chi connectivity index (χ1v) is 11.9. The van der Waals surface area contributed by atoms with Crippen LogP contribution in [0, 0.1) is 0 Å². The van der Waals surface area contributed by atoms with E-state index in [2.05, 4.69) is 128 Å². The molecule has 0 aromatic carbocycles. The Morgan fingerprint density at radius 1 is 0.821 bits per heavy atom. The van der Waals surface area contributed by atoms with Crippen LogP contribution in [0.15, 0.2) is 105 Å². The zero-order valence-corrected chi connectivity index (χ0v) is 19.9. The summed E-state index contributed by atoms with van der Waals surface area (Å²) in [6.45, 7) is 19.1. The van der Waals surface area contributed by atoms with Gasteiger partial charge in [-0.3, -0.25) is 0 Å². The molecule has 0 fully saturated rings. The Balaban J connectivity index is 7.48. The number of rotatable bonds is 11. The standard InChI is InChI=1S/C27H40S/c1-9-16-18-22-24(8)28(25(14-6)19-11-3,26(15-7)23-17-10-2)27(20-12-4)21-13-5/h10-14,16-23H,4,9,15H2,1-3,5-8H3/b17-10-,18-16-,19-11-,21-13-,24-22+,25-14+,26-23+,27-20+. The number of hydrogen-bond donors (Lipinski definition) is 0. The molecule has 1 unspecified atom stereocenters. The van der Waals surface area contributed by atoms with E-state index in [1.807, 2.05) is 6.08 Å². The first-order chi connectivity index (χ1) is 13.5. The monoisotopic (exact) mass is 396 g/mol. The maximum atomic E-state index is 4.01. The smallest absolute Gasteiger partial charge is 0.00134 e. The van der Waals surface area contributed by atoms with Crippen molar-refractivity contribution in [3.8, 4) is 0 Å². The van der Waals surface area contributed by atoms with Gasteiger partial charge in [0, 0.05) is 4.91 Å². The Labute approximate surface area is 176 Å².